The summed E-state index contributed by atoms with van der Waals surface area (Å²) in [5, 5.41) is 12.8. The maximum Gasteiger partial charge on any atom is 0.126 e. The molecule has 1 atom stereocenters. The van der Waals surface area contributed by atoms with E-state index in [2.05, 4.69) is 94.1 Å². The molecule has 0 amide bonds. The van der Waals surface area contributed by atoms with Crippen molar-refractivity contribution in [2.24, 2.45) is 0 Å². The monoisotopic (exact) mass is 510 g/mol. The molecule has 4 nitrogen and oxygen atoms in total. The highest BCUT2D eigenvalue weighted by Crippen LogP contribution is 2.29. The zero-order chi connectivity index (χ0) is 25.3. The van der Waals surface area contributed by atoms with E-state index >= 15 is 0 Å². The fourth-order valence-electron chi connectivity index (χ4n) is 4.93. The topological polar surface area (TPSA) is 35.9 Å². The number of hydrogen-bond acceptors (Lipinski definition) is 5. The van der Waals surface area contributed by atoms with Crippen LogP contribution in [-0.2, 0) is 0 Å². The van der Waals surface area contributed by atoms with Crippen LogP contribution in [0.3, 0.4) is 0 Å². The quantitative estimate of drug-likeness (QED) is 0.281. The average molecular weight is 511 g/mol. The van der Waals surface area contributed by atoms with Crippen LogP contribution in [0.4, 0.5) is 0 Å². The molecule has 1 unspecified atom stereocenters. The summed E-state index contributed by atoms with van der Waals surface area (Å²) in [6.07, 6.45) is 3.63. The molecule has 37 heavy (non-hydrogen) atoms. The lowest BCUT2D eigenvalue weighted by atomic mass is 9.96. The minimum absolute atomic E-state index is 0.247. The number of aliphatic hydroxyl groups is 1. The normalized spacial score (nSPS) is 15.8. The summed E-state index contributed by atoms with van der Waals surface area (Å²) in [6, 6.07) is 33.9. The Morgan fingerprint density at radius 3 is 2.05 bits per heavy atom. The molecular formula is C32H34N2O2S. The van der Waals surface area contributed by atoms with Gasteiger partial charge < -0.3 is 9.84 Å². The van der Waals surface area contributed by atoms with Gasteiger partial charge >= 0.3 is 0 Å². The zero-order valence-corrected chi connectivity index (χ0v) is 21.8. The Morgan fingerprint density at radius 2 is 1.41 bits per heavy atom. The third kappa shape index (κ3) is 6.96. The number of aliphatic hydroxyl groups excluding tert-OH is 1. The van der Waals surface area contributed by atoms with Crippen LogP contribution in [0.5, 0.6) is 5.75 Å². The lowest BCUT2D eigenvalue weighted by molar-refractivity contribution is 0.0400. The third-order valence-corrected chi connectivity index (χ3v) is 7.63. The van der Waals surface area contributed by atoms with Gasteiger partial charge in [-0.2, -0.15) is 0 Å². The van der Waals surface area contributed by atoms with Gasteiger partial charge in [-0.1, -0.05) is 84.9 Å². The average Bonchev–Trinajstić information content (AvgIpc) is 3.47. The van der Waals surface area contributed by atoms with Gasteiger partial charge in [0.2, 0.25) is 0 Å². The molecule has 1 fully saturated rings. The number of β-amino-alcohol motifs (C(OH)–C–C–N with tert-alkyl or cyclic N) is 1. The fourth-order valence-corrected chi connectivity index (χ4v) is 5.55. The molecular weight excluding hydrogens is 476 g/mol. The SMILES string of the molecule is OC(COc1ccccc1/C=C/c1cccs1)CN1CCN(C(c2ccccc2)c2ccccc2)CC1. The smallest absolute Gasteiger partial charge is 0.126 e. The number of ether oxygens (including phenoxy) is 1. The minimum atomic E-state index is -0.542. The Kier molecular flexibility index (Phi) is 8.82. The summed E-state index contributed by atoms with van der Waals surface area (Å²) in [6.45, 7) is 4.65. The highest BCUT2D eigenvalue weighted by molar-refractivity contribution is 7.10. The van der Waals surface area contributed by atoms with Crippen LogP contribution in [0, 0.1) is 0 Å². The standard InChI is InChI=1S/C32H34N2O2S/c35-29(25-36-31-16-8-7-10-26(31)17-18-30-15-9-23-37-30)24-33-19-21-34(22-20-33)32(27-11-3-1-4-12-27)28-13-5-2-6-14-28/h1-18,23,29,32,35H,19-22,24-25H2/b18-17+. The van der Waals surface area contributed by atoms with Crippen molar-refractivity contribution in [3.05, 3.63) is 124 Å². The molecule has 0 spiro atoms. The van der Waals surface area contributed by atoms with Gasteiger partial charge in [0.15, 0.2) is 0 Å². The van der Waals surface area contributed by atoms with Crippen molar-refractivity contribution in [1.82, 2.24) is 9.80 Å². The Morgan fingerprint density at radius 1 is 0.757 bits per heavy atom. The van der Waals surface area contributed by atoms with Crippen LogP contribution in [0.25, 0.3) is 12.2 Å². The maximum absolute atomic E-state index is 10.8. The first-order valence-electron chi connectivity index (χ1n) is 12.9. The van der Waals surface area contributed by atoms with Crippen LogP contribution in [-0.4, -0.2) is 60.3 Å². The number of thiophene rings is 1. The minimum Gasteiger partial charge on any atom is -0.490 e. The number of benzene rings is 3. The molecule has 0 radical (unpaired) electrons. The van der Waals surface area contributed by atoms with Gasteiger partial charge in [0.1, 0.15) is 18.5 Å². The van der Waals surface area contributed by atoms with Crippen molar-refractivity contribution in [2.75, 3.05) is 39.3 Å². The van der Waals surface area contributed by atoms with Crippen molar-refractivity contribution >= 4 is 23.5 Å². The summed E-state index contributed by atoms with van der Waals surface area (Å²) < 4.78 is 6.05. The number of piperazine rings is 1. The molecule has 1 N–H and O–H groups in total. The maximum atomic E-state index is 10.8. The van der Waals surface area contributed by atoms with Gasteiger partial charge in [-0.3, -0.25) is 9.80 Å². The van der Waals surface area contributed by atoms with E-state index in [0.29, 0.717) is 6.54 Å². The third-order valence-electron chi connectivity index (χ3n) is 6.79. The van der Waals surface area contributed by atoms with Crippen LogP contribution >= 0.6 is 11.3 Å². The number of nitrogens with zero attached hydrogens (tertiary/aromatic N) is 2. The second-order valence-corrected chi connectivity index (χ2v) is 10.4. The second-order valence-electron chi connectivity index (χ2n) is 9.41. The second kappa shape index (κ2) is 12.8. The van der Waals surface area contributed by atoms with E-state index in [-0.39, 0.29) is 12.6 Å². The van der Waals surface area contributed by atoms with Gasteiger partial charge in [0.05, 0.1) is 6.04 Å². The van der Waals surface area contributed by atoms with E-state index < -0.39 is 6.10 Å². The van der Waals surface area contributed by atoms with Gasteiger partial charge in [-0.05, 0) is 40.8 Å². The predicted molar refractivity (Wildman–Crippen MR) is 154 cm³/mol. The highest BCUT2D eigenvalue weighted by atomic mass is 32.1. The molecule has 5 rings (SSSR count). The molecule has 0 saturated carbocycles. The van der Waals surface area contributed by atoms with Crippen LogP contribution in [0.15, 0.2) is 102 Å². The van der Waals surface area contributed by atoms with Crippen molar-refractivity contribution < 1.29 is 9.84 Å². The molecule has 190 valence electrons. The molecule has 1 aliphatic heterocycles. The first kappa shape index (κ1) is 25.4. The van der Waals surface area contributed by atoms with E-state index in [1.807, 2.05) is 30.3 Å². The highest BCUT2D eigenvalue weighted by Gasteiger charge is 2.27. The molecule has 1 aliphatic rings. The van der Waals surface area contributed by atoms with Crippen LogP contribution in [0.1, 0.15) is 27.6 Å². The number of rotatable bonds is 10. The first-order chi connectivity index (χ1) is 18.3. The Labute approximate surface area is 224 Å². The van der Waals surface area contributed by atoms with Crippen molar-refractivity contribution in [1.29, 1.82) is 0 Å². The van der Waals surface area contributed by atoms with Crippen molar-refractivity contribution in [3.63, 3.8) is 0 Å². The Balaban J connectivity index is 1.15. The van der Waals surface area contributed by atoms with E-state index in [1.54, 1.807) is 11.3 Å². The molecule has 1 saturated heterocycles. The summed E-state index contributed by atoms with van der Waals surface area (Å²) in [5.74, 6) is 0.799. The molecule has 2 heterocycles. The van der Waals surface area contributed by atoms with E-state index in [9.17, 15) is 5.11 Å². The summed E-state index contributed by atoms with van der Waals surface area (Å²) in [7, 11) is 0. The fraction of sp³-hybridized carbons (Fsp3) is 0.250. The van der Waals surface area contributed by atoms with Crippen LogP contribution in [0.2, 0.25) is 0 Å². The molecule has 4 aromatic rings. The van der Waals surface area contributed by atoms with Gasteiger partial charge in [0.25, 0.3) is 0 Å². The molecule has 3 aromatic carbocycles. The van der Waals surface area contributed by atoms with Crippen molar-refractivity contribution in [2.45, 2.75) is 12.1 Å². The number of para-hydroxylation sites is 1. The molecule has 0 bridgehead atoms. The van der Waals surface area contributed by atoms with E-state index in [1.165, 1.54) is 16.0 Å². The van der Waals surface area contributed by atoms with E-state index in [4.69, 9.17) is 4.74 Å². The molecule has 0 aliphatic carbocycles. The van der Waals surface area contributed by atoms with Gasteiger partial charge in [-0.25, -0.2) is 0 Å². The van der Waals surface area contributed by atoms with Gasteiger partial charge in [-0.15, -0.1) is 11.3 Å². The summed E-state index contributed by atoms with van der Waals surface area (Å²) >= 11 is 1.71. The Hall–Kier alpha value is -3.22. The molecule has 5 heteroatoms. The van der Waals surface area contributed by atoms with Gasteiger partial charge in [0, 0.05) is 43.2 Å². The number of hydrogen-bond donors (Lipinski definition) is 1. The lowest BCUT2D eigenvalue weighted by Gasteiger charge is -2.40. The molecule has 1 aromatic heterocycles. The lowest BCUT2D eigenvalue weighted by Crippen LogP contribution is -2.50. The van der Waals surface area contributed by atoms with E-state index in [0.717, 1.165) is 37.5 Å². The Bertz CT molecular complexity index is 1200. The van der Waals surface area contributed by atoms with Crippen LogP contribution < -0.4 is 4.74 Å². The van der Waals surface area contributed by atoms with Crippen molar-refractivity contribution in [3.8, 4) is 5.75 Å². The summed E-state index contributed by atoms with van der Waals surface area (Å²) in [4.78, 5) is 6.11. The summed E-state index contributed by atoms with van der Waals surface area (Å²) in [5.41, 5.74) is 3.66. The zero-order valence-electron chi connectivity index (χ0n) is 21.0. The first-order valence-corrected chi connectivity index (χ1v) is 13.8. The predicted octanol–water partition coefficient (Wildman–Crippen LogP) is 6.07. The largest absolute Gasteiger partial charge is 0.490 e.